The van der Waals surface area contributed by atoms with Crippen molar-refractivity contribution >= 4 is 23.3 Å². The van der Waals surface area contributed by atoms with Crippen LogP contribution in [0.15, 0.2) is 24.3 Å². The van der Waals surface area contributed by atoms with E-state index in [0.717, 1.165) is 5.56 Å². The van der Waals surface area contributed by atoms with Crippen LogP contribution in [-0.2, 0) is 20.8 Å². The number of hydrogen-bond donors (Lipinski definition) is 1. The normalized spacial score (nSPS) is 15.5. The number of carbonyl (C=O) groups excluding carboxylic acids is 3. The zero-order valence-corrected chi connectivity index (χ0v) is 10.1. The predicted octanol–water partition coefficient (Wildman–Crippen LogP) is 0.281. The zero-order valence-electron chi connectivity index (χ0n) is 10.1. The fourth-order valence-corrected chi connectivity index (χ4v) is 1.87. The molecule has 0 radical (unpaired) electrons. The lowest BCUT2D eigenvalue weighted by Crippen LogP contribution is -2.51. The summed E-state index contributed by atoms with van der Waals surface area (Å²) in [6.45, 7) is 1.62. The second kappa shape index (κ2) is 5.00. The van der Waals surface area contributed by atoms with E-state index in [1.807, 2.05) is 0 Å². The molecule has 1 aliphatic rings. The van der Waals surface area contributed by atoms with Gasteiger partial charge in [0.05, 0.1) is 6.54 Å². The van der Waals surface area contributed by atoms with Crippen molar-refractivity contribution in [2.45, 2.75) is 13.3 Å². The summed E-state index contributed by atoms with van der Waals surface area (Å²) in [5.74, 6) is -0.201. The maximum absolute atomic E-state index is 11.7. The van der Waals surface area contributed by atoms with Crippen LogP contribution in [0.3, 0.4) is 0 Å². The fourth-order valence-electron chi connectivity index (χ4n) is 1.87. The van der Waals surface area contributed by atoms with Gasteiger partial charge in [-0.3, -0.25) is 14.4 Å². The average molecular weight is 246 g/mol. The van der Waals surface area contributed by atoms with Crippen LogP contribution in [0.25, 0.3) is 0 Å². The third kappa shape index (κ3) is 2.74. The Hall–Kier alpha value is -2.17. The fraction of sp³-hybridized carbons (Fsp3) is 0.308. The van der Waals surface area contributed by atoms with Crippen molar-refractivity contribution in [3.05, 3.63) is 29.8 Å². The molecule has 1 fully saturated rings. The summed E-state index contributed by atoms with van der Waals surface area (Å²) in [6, 6.07) is 7.12. The minimum atomic E-state index is -0.164. The highest BCUT2D eigenvalue weighted by atomic mass is 16.2. The summed E-state index contributed by atoms with van der Waals surface area (Å²) in [6.07, 6.45) is 0.384. The summed E-state index contributed by atoms with van der Waals surface area (Å²) >= 11 is 0. The van der Waals surface area contributed by atoms with Gasteiger partial charge in [0.25, 0.3) is 0 Å². The number of Topliss-reactive ketones (excluding diaryl/α,β-unsaturated/α-hetero) is 1. The van der Waals surface area contributed by atoms with Gasteiger partial charge in [-0.1, -0.05) is 12.1 Å². The van der Waals surface area contributed by atoms with Crippen molar-refractivity contribution in [3.63, 3.8) is 0 Å². The van der Waals surface area contributed by atoms with Crippen molar-refractivity contribution in [2.75, 3.05) is 18.0 Å². The molecule has 0 saturated carbocycles. The Morgan fingerprint density at radius 1 is 1.28 bits per heavy atom. The number of hydrogen-bond acceptors (Lipinski definition) is 3. The lowest BCUT2D eigenvalue weighted by Gasteiger charge is -2.26. The molecule has 0 aliphatic carbocycles. The third-order valence-electron chi connectivity index (χ3n) is 2.74. The van der Waals surface area contributed by atoms with Gasteiger partial charge < -0.3 is 10.2 Å². The van der Waals surface area contributed by atoms with Gasteiger partial charge in [0.1, 0.15) is 12.3 Å². The molecule has 1 heterocycles. The summed E-state index contributed by atoms with van der Waals surface area (Å²) < 4.78 is 0. The van der Waals surface area contributed by atoms with Gasteiger partial charge >= 0.3 is 0 Å². The molecule has 2 rings (SSSR count). The minimum Gasteiger partial charge on any atom is -0.345 e. The summed E-state index contributed by atoms with van der Waals surface area (Å²) in [5, 5.41) is 2.49. The molecule has 0 atom stereocenters. The maximum Gasteiger partial charge on any atom is 0.246 e. The number of piperazine rings is 1. The van der Waals surface area contributed by atoms with Crippen LogP contribution in [0.1, 0.15) is 12.5 Å². The van der Waals surface area contributed by atoms with Crippen molar-refractivity contribution in [2.24, 2.45) is 0 Å². The highest BCUT2D eigenvalue weighted by Gasteiger charge is 2.24. The maximum atomic E-state index is 11.7. The molecule has 5 heteroatoms. The summed E-state index contributed by atoms with van der Waals surface area (Å²) in [7, 11) is 0. The van der Waals surface area contributed by atoms with E-state index < -0.39 is 0 Å². The molecular formula is C13H14N2O3. The zero-order chi connectivity index (χ0) is 13.1. The van der Waals surface area contributed by atoms with Crippen molar-refractivity contribution in [3.8, 4) is 0 Å². The Kier molecular flexibility index (Phi) is 3.41. The molecule has 0 aromatic heterocycles. The first kappa shape index (κ1) is 12.3. The van der Waals surface area contributed by atoms with Gasteiger partial charge in [0.2, 0.25) is 11.8 Å². The second-order valence-corrected chi connectivity index (χ2v) is 4.30. The van der Waals surface area contributed by atoms with E-state index in [-0.39, 0.29) is 30.7 Å². The van der Waals surface area contributed by atoms with E-state index in [1.54, 1.807) is 24.3 Å². The van der Waals surface area contributed by atoms with Crippen molar-refractivity contribution in [1.82, 2.24) is 5.32 Å². The molecule has 1 saturated heterocycles. The van der Waals surface area contributed by atoms with E-state index in [4.69, 9.17) is 0 Å². The van der Waals surface area contributed by atoms with Crippen LogP contribution in [0.2, 0.25) is 0 Å². The summed E-state index contributed by atoms with van der Waals surface area (Å²) in [5.41, 5.74) is 1.59. The molecule has 1 aromatic carbocycles. The Labute approximate surface area is 105 Å². The predicted molar refractivity (Wildman–Crippen MR) is 66.2 cm³/mol. The molecule has 94 valence electrons. The Bertz CT molecular complexity index is 493. The second-order valence-electron chi connectivity index (χ2n) is 4.30. The smallest absolute Gasteiger partial charge is 0.246 e. The van der Waals surface area contributed by atoms with Gasteiger partial charge in [0.15, 0.2) is 0 Å². The number of nitrogens with zero attached hydrogens (tertiary/aromatic N) is 1. The number of carbonyl (C=O) groups is 3. The first-order valence-electron chi connectivity index (χ1n) is 5.71. The van der Waals surface area contributed by atoms with Crippen molar-refractivity contribution in [1.29, 1.82) is 0 Å². The molecule has 18 heavy (non-hydrogen) atoms. The molecule has 0 unspecified atom stereocenters. The van der Waals surface area contributed by atoms with Crippen LogP contribution in [0.5, 0.6) is 0 Å². The van der Waals surface area contributed by atoms with Crippen LogP contribution < -0.4 is 10.2 Å². The van der Waals surface area contributed by atoms with Gasteiger partial charge in [-0.15, -0.1) is 0 Å². The highest BCUT2D eigenvalue weighted by molar-refractivity contribution is 6.04. The number of amides is 2. The largest absolute Gasteiger partial charge is 0.345 e. The standard InChI is InChI=1S/C13H14N2O3/c1-9(16)6-10-2-4-11(5-3-10)15-8-12(17)14-7-13(15)18/h2-5H,6-8H2,1H3,(H,14,17). The number of anilines is 1. The Morgan fingerprint density at radius 2 is 1.94 bits per heavy atom. The Morgan fingerprint density at radius 3 is 2.56 bits per heavy atom. The third-order valence-corrected chi connectivity index (χ3v) is 2.74. The molecule has 2 amide bonds. The number of nitrogens with one attached hydrogen (secondary N) is 1. The lowest BCUT2D eigenvalue weighted by atomic mass is 10.1. The lowest BCUT2D eigenvalue weighted by molar-refractivity contribution is -0.128. The van der Waals surface area contributed by atoms with E-state index in [0.29, 0.717) is 12.1 Å². The molecule has 5 nitrogen and oxygen atoms in total. The van der Waals surface area contributed by atoms with E-state index in [9.17, 15) is 14.4 Å². The molecule has 0 spiro atoms. The van der Waals surface area contributed by atoms with Crippen LogP contribution in [-0.4, -0.2) is 30.7 Å². The molecule has 1 aromatic rings. The Balaban J connectivity index is 2.15. The first-order chi connectivity index (χ1) is 8.56. The number of ketones is 1. The highest BCUT2D eigenvalue weighted by Crippen LogP contribution is 2.17. The van der Waals surface area contributed by atoms with Crippen LogP contribution >= 0.6 is 0 Å². The topological polar surface area (TPSA) is 66.5 Å². The van der Waals surface area contributed by atoms with Crippen molar-refractivity contribution < 1.29 is 14.4 Å². The molecular weight excluding hydrogens is 232 g/mol. The van der Waals surface area contributed by atoms with Crippen LogP contribution in [0.4, 0.5) is 5.69 Å². The van der Waals surface area contributed by atoms with Crippen LogP contribution in [0, 0.1) is 0 Å². The van der Waals surface area contributed by atoms with E-state index >= 15 is 0 Å². The quantitative estimate of drug-likeness (QED) is 0.833. The number of benzene rings is 1. The average Bonchev–Trinajstić information content (AvgIpc) is 2.33. The van der Waals surface area contributed by atoms with E-state index in [2.05, 4.69) is 5.32 Å². The molecule has 1 N–H and O–H groups in total. The minimum absolute atomic E-state index is 0.0357. The number of rotatable bonds is 3. The molecule has 0 bridgehead atoms. The van der Waals surface area contributed by atoms with E-state index in [1.165, 1.54) is 11.8 Å². The van der Waals surface area contributed by atoms with Gasteiger partial charge in [-0.25, -0.2) is 0 Å². The molecule has 1 aliphatic heterocycles. The summed E-state index contributed by atoms with van der Waals surface area (Å²) in [4.78, 5) is 35.3. The van der Waals surface area contributed by atoms with Gasteiger partial charge in [0, 0.05) is 12.1 Å². The monoisotopic (exact) mass is 246 g/mol. The SMILES string of the molecule is CC(=O)Cc1ccc(N2CC(=O)NCC2=O)cc1. The first-order valence-corrected chi connectivity index (χ1v) is 5.71. The van der Waals surface area contributed by atoms with Gasteiger partial charge in [-0.05, 0) is 24.6 Å². The van der Waals surface area contributed by atoms with Gasteiger partial charge in [-0.2, -0.15) is 0 Å².